The first-order valence-corrected chi connectivity index (χ1v) is 9.54. The summed E-state index contributed by atoms with van der Waals surface area (Å²) in [6, 6.07) is 10.2. The van der Waals surface area contributed by atoms with E-state index in [1.165, 1.54) is 0 Å². The molecule has 1 unspecified atom stereocenters. The summed E-state index contributed by atoms with van der Waals surface area (Å²) >= 11 is 9.46. The van der Waals surface area contributed by atoms with E-state index in [4.69, 9.17) is 31.4 Å². The summed E-state index contributed by atoms with van der Waals surface area (Å²) in [6.45, 7) is 1.02. The quantitative estimate of drug-likeness (QED) is 0.744. The Balaban J connectivity index is 0.000000450. The fourth-order valence-electron chi connectivity index (χ4n) is 2.14. The van der Waals surface area contributed by atoms with Crippen molar-refractivity contribution < 1.29 is 19.8 Å². The minimum atomic E-state index is -1.82. The predicted molar refractivity (Wildman–Crippen MR) is 101 cm³/mol. The van der Waals surface area contributed by atoms with E-state index < -0.39 is 16.0 Å². The maximum Gasteiger partial charge on any atom is 0.414 e. The van der Waals surface area contributed by atoms with Gasteiger partial charge in [0.2, 0.25) is 0 Å². The molecule has 0 radical (unpaired) electrons. The summed E-state index contributed by atoms with van der Waals surface area (Å²) in [6.07, 6.45) is 1.16. The molecule has 2 atom stereocenters. The molecule has 9 heteroatoms. The van der Waals surface area contributed by atoms with E-state index in [1.54, 1.807) is 23.5 Å². The highest BCUT2D eigenvalue weighted by Gasteiger charge is 2.40. The van der Waals surface area contributed by atoms with Crippen LogP contribution in [0.1, 0.15) is 12.0 Å². The molecule has 136 valence electrons. The van der Waals surface area contributed by atoms with Gasteiger partial charge in [-0.1, -0.05) is 23.7 Å². The summed E-state index contributed by atoms with van der Waals surface area (Å²) in [5.74, 6) is -2.62. The van der Waals surface area contributed by atoms with Crippen LogP contribution < -0.4 is 0 Å². The van der Waals surface area contributed by atoms with Gasteiger partial charge in [0, 0.05) is 16.8 Å². The van der Waals surface area contributed by atoms with Crippen molar-refractivity contribution >= 4 is 47.1 Å². The molecule has 6 nitrogen and oxygen atoms in total. The smallest absolute Gasteiger partial charge is 0.414 e. The number of carbonyl (C=O) groups is 2. The standard InChI is InChI=1S/C14H17ClN2S2.C2H2O4/c1-17(2)9-13-7-8-18-14(10-16,19-13)11-3-5-12(15)6-4-11;3-1(4)2(5)6/h3-6,13H,7-9H2,1-2H3;(H,3,4)(H,5,6)/t13-,14?;/m0./s1. The van der Waals surface area contributed by atoms with Crippen molar-refractivity contribution in [1.29, 1.82) is 5.26 Å². The van der Waals surface area contributed by atoms with Crippen molar-refractivity contribution in [3.63, 3.8) is 0 Å². The topological polar surface area (TPSA) is 102 Å². The predicted octanol–water partition coefficient (Wildman–Crippen LogP) is 2.97. The average molecular weight is 403 g/mol. The van der Waals surface area contributed by atoms with Gasteiger partial charge in [0.25, 0.3) is 0 Å². The van der Waals surface area contributed by atoms with Crippen LogP contribution in [-0.4, -0.2) is 58.7 Å². The van der Waals surface area contributed by atoms with E-state index in [2.05, 4.69) is 25.1 Å². The summed E-state index contributed by atoms with van der Waals surface area (Å²) < 4.78 is -0.483. The van der Waals surface area contributed by atoms with Crippen LogP contribution >= 0.6 is 35.1 Å². The number of benzene rings is 1. The number of thioether (sulfide) groups is 2. The van der Waals surface area contributed by atoms with E-state index in [-0.39, 0.29) is 0 Å². The second kappa shape index (κ2) is 9.92. The zero-order chi connectivity index (χ0) is 19.0. The monoisotopic (exact) mass is 402 g/mol. The number of aliphatic carboxylic acids is 2. The second-order valence-corrected chi connectivity index (χ2v) is 9.00. The number of halogens is 1. The van der Waals surface area contributed by atoms with Crippen LogP contribution in [-0.2, 0) is 13.7 Å². The number of nitriles is 1. The molecular formula is C16H19ClN2O4S2. The number of carboxylic acid groups (broad SMARTS) is 2. The molecule has 0 bridgehead atoms. The molecule has 0 spiro atoms. The van der Waals surface area contributed by atoms with Crippen LogP contribution in [0.4, 0.5) is 0 Å². The molecule has 25 heavy (non-hydrogen) atoms. The molecule has 1 saturated heterocycles. The number of carboxylic acids is 2. The Kier molecular flexibility index (Phi) is 8.59. The first-order chi connectivity index (χ1) is 11.7. The van der Waals surface area contributed by atoms with Crippen LogP contribution in [0.3, 0.4) is 0 Å². The average Bonchev–Trinajstić information content (AvgIpc) is 2.55. The van der Waals surface area contributed by atoms with Crippen LogP contribution in [0.25, 0.3) is 0 Å². The Morgan fingerprint density at radius 3 is 2.32 bits per heavy atom. The zero-order valence-corrected chi connectivity index (χ0v) is 16.2. The van der Waals surface area contributed by atoms with Crippen LogP contribution in [0.2, 0.25) is 5.02 Å². The number of nitrogens with zero attached hydrogens (tertiary/aromatic N) is 2. The number of rotatable bonds is 3. The highest BCUT2D eigenvalue weighted by atomic mass is 35.5. The Bertz CT molecular complexity index is 637. The Hall–Kier alpha value is -1.40. The fraction of sp³-hybridized carbons (Fsp3) is 0.438. The van der Waals surface area contributed by atoms with E-state index >= 15 is 0 Å². The molecule has 1 aromatic rings. The van der Waals surface area contributed by atoms with E-state index in [9.17, 15) is 5.26 Å². The lowest BCUT2D eigenvalue weighted by atomic mass is 10.1. The molecule has 1 fully saturated rings. The third kappa shape index (κ3) is 6.78. The van der Waals surface area contributed by atoms with Crippen molar-refractivity contribution in [3.8, 4) is 6.07 Å². The molecule has 0 aliphatic carbocycles. The molecule has 0 aromatic heterocycles. The SMILES string of the molecule is CN(C)C[C@@H]1CCSC(C#N)(c2ccc(Cl)cc2)S1.O=C(O)C(=O)O. The molecule has 1 aliphatic heterocycles. The molecule has 1 aliphatic rings. The molecule has 1 heterocycles. The summed E-state index contributed by atoms with van der Waals surface area (Å²) in [4.78, 5) is 20.4. The lowest BCUT2D eigenvalue weighted by molar-refractivity contribution is -0.159. The van der Waals surface area contributed by atoms with Gasteiger partial charge in [-0.05, 0) is 44.0 Å². The summed E-state index contributed by atoms with van der Waals surface area (Å²) in [5.41, 5.74) is 1.05. The maximum atomic E-state index is 9.68. The Labute approximate surface area is 160 Å². The molecule has 0 saturated carbocycles. The first-order valence-electron chi connectivity index (χ1n) is 7.30. The Morgan fingerprint density at radius 1 is 1.32 bits per heavy atom. The third-order valence-corrected chi connectivity index (χ3v) is 6.65. The van der Waals surface area contributed by atoms with Gasteiger partial charge in [-0.15, -0.1) is 23.5 Å². The summed E-state index contributed by atoms with van der Waals surface area (Å²) in [7, 11) is 4.16. The molecule has 0 amide bonds. The van der Waals surface area contributed by atoms with Crippen LogP contribution in [0, 0.1) is 11.3 Å². The third-order valence-electron chi connectivity index (χ3n) is 3.20. The van der Waals surface area contributed by atoms with Crippen molar-refractivity contribution in [2.45, 2.75) is 15.7 Å². The van der Waals surface area contributed by atoms with Crippen molar-refractivity contribution in [3.05, 3.63) is 34.9 Å². The normalized spacial score (nSPS) is 22.4. The van der Waals surface area contributed by atoms with E-state index in [1.807, 2.05) is 24.3 Å². The van der Waals surface area contributed by atoms with Gasteiger partial charge >= 0.3 is 11.9 Å². The lowest BCUT2D eigenvalue weighted by Gasteiger charge is -2.36. The van der Waals surface area contributed by atoms with E-state index in [0.717, 1.165) is 24.3 Å². The van der Waals surface area contributed by atoms with Gasteiger partial charge in [-0.2, -0.15) is 5.26 Å². The van der Waals surface area contributed by atoms with Gasteiger partial charge < -0.3 is 15.1 Å². The molecular weight excluding hydrogens is 384 g/mol. The molecule has 2 N–H and O–H groups in total. The Morgan fingerprint density at radius 2 is 1.88 bits per heavy atom. The highest BCUT2D eigenvalue weighted by molar-refractivity contribution is 8.18. The van der Waals surface area contributed by atoms with Gasteiger partial charge in [0.05, 0.1) is 6.07 Å². The van der Waals surface area contributed by atoms with Gasteiger partial charge in [0.1, 0.15) is 0 Å². The van der Waals surface area contributed by atoms with Gasteiger partial charge in [-0.25, -0.2) is 9.59 Å². The van der Waals surface area contributed by atoms with Gasteiger partial charge in [-0.3, -0.25) is 0 Å². The van der Waals surface area contributed by atoms with Crippen molar-refractivity contribution in [1.82, 2.24) is 4.90 Å². The zero-order valence-electron chi connectivity index (χ0n) is 13.8. The van der Waals surface area contributed by atoms with Crippen LogP contribution in [0.15, 0.2) is 24.3 Å². The molecule has 2 rings (SSSR count). The van der Waals surface area contributed by atoms with E-state index in [0.29, 0.717) is 10.3 Å². The minimum Gasteiger partial charge on any atom is -0.473 e. The number of hydrogen-bond acceptors (Lipinski definition) is 6. The largest absolute Gasteiger partial charge is 0.473 e. The first kappa shape index (κ1) is 21.6. The highest BCUT2D eigenvalue weighted by Crippen LogP contribution is 2.52. The minimum absolute atomic E-state index is 0.483. The maximum absolute atomic E-state index is 9.68. The van der Waals surface area contributed by atoms with Crippen LogP contribution in [0.5, 0.6) is 0 Å². The number of hydrogen-bond donors (Lipinski definition) is 2. The van der Waals surface area contributed by atoms with Gasteiger partial charge in [0.15, 0.2) is 4.08 Å². The molecule has 1 aromatic carbocycles. The second-order valence-electron chi connectivity index (χ2n) is 5.48. The summed E-state index contributed by atoms with van der Waals surface area (Å²) in [5, 5.41) is 25.7. The lowest BCUT2D eigenvalue weighted by Crippen LogP contribution is -2.32. The van der Waals surface area contributed by atoms with Crippen molar-refractivity contribution in [2.24, 2.45) is 0 Å². The fourth-order valence-corrected chi connectivity index (χ4v) is 5.81. The van der Waals surface area contributed by atoms with Crippen molar-refractivity contribution in [2.75, 3.05) is 26.4 Å².